The van der Waals surface area contributed by atoms with Crippen LogP contribution < -0.4 is 11.5 Å². The molecule has 4 heterocycles. The van der Waals surface area contributed by atoms with E-state index >= 15 is 0 Å². The van der Waals surface area contributed by atoms with Gasteiger partial charge >= 0.3 is 5.97 Å². The smallest absolute Gasteiger partial charge is 0.310 e. The van der Waals surface area contributed by atoms with E-state index in [-0.39, 0.29) is 34.9 Å². The van der Waals surface area contributed by atoms with Gasteiger partial charge in [0.25, 0.3) is 5.91 Å². The predicted molar refractivity (Wildman–Crippen MR) is 122 cm³/mol. The number of ether oxygens (including phenoxy) is 1. The number of piperidine rings is 1. The van der Waals surface area contributed by atoms with Crippen molar-refractivity contribution >= 4 is 56.3 Å². The number of rotatable bonds is 4. The minimum absolute atomic E-state index is 0.108. The summed E-state index contributed by atoms with van der Waals surface area (Å²) in [4.78, 5) is 32.3. The number of thiophene rings is 2. The van der Waals surface area contributed by atoms with Gasteiger partial charge in [-0.1, -0.05) is 0 Å². The predicted octanol–water partition coefficient (Wildman–Crippen LogP) is 3.48. The molecule has 4 N–H and O–H groups in total. The van der Waals surface area contributed by atoms with E-state index < -0.39 is 0 Å². The second-order valence-corrected chi connectivity index (χ2v) is 9.02. The monoisotopic (exact) mass is 455 g/mol. The summed E-state index contributed by atoms with van der Waals surface area (Å²) in [7, 11) is 0. The van der Waals surface area contributed by atoms with Crippen molar-refractivity contribution in [3.63, 3.8) is 0 Å². The summed E-state index contributed by atoms with van der Waals surface area (Å²) in [6.45, 7) is 2.91. The summed E-state index contributed by atoms with van der Waals surface area (Å²) in [5.41, 5.74) is 14.4. The van der Waals surface area contributed by atoms with Crippen LogP contribution in [0.15, 0.2) is 16.8 Å². The molecule has 0 bridgehead atoms. The van der Waals surface area contributed by atoms with Crippen molar-refractivity contribution in [3.05, 3.63) is 27.3 Å². The van der Waals surface area contributed by atoms with Crippen molar-refractivity contribution in [2.45, 2.75) is 19.8 Å². The molecule has 0 radical (unpaired) electrons. The zero-order chi connectivity index (χ0) is 22.1. The first kappa shape index (κ1) is 21.1. The number of carbonyl (C=O) groups excluding carboxylic acids is 2. The summed E-state index contributed by atoms with van der Waals surface area (Å²) >= 11 is 2.65. The van der Waals surface area contributed by atoms with Crippen LogP contribution in [0, 0.1) is 17.2 Å². The molecule has 160 valence electrons. The molecular weight excluding hydrogens is 434 g/mol. The van der Waals surface area contributed by atoms with Gasteiger partial charge in [-0.25, -0.2) is 4.98 Å². The van der Waals surface area contributed by atoms with Crippen molar-refractivity contribution in [2.24, 2.45) is 5.92 Å². The van der Waals surface area contributed by atoms with Crippen molar-refractivity contribution < 1.29 is 14.3 Å². The lowest BCUT2D eigenvalue weighted by Gasteiger charge is -2.31. The van der Waals surface area contributed by atoms with E-state index in [4.69, 9.17) is 16.2 Å². The highest BCUT2D eigenvalue weighted by molar-refractivity contribution is 7.21. The first-order chi connectivity index (χ1) is 15.0. The summed E-state index contributed by atoms with van der Waals surface area (Å²) in [6.07, 6.45) is 1.40. The number of fused-ring (bicyclic) bond motifs is 1. The number of amides is 1. The molecule has 4 rings (SSSR count). The average Bonchev–Trinajstić information content (AvgIpc) is 3.41. The number of nitrogens with two attached hydrogens (primary N) is 2. The molecule has 1 amide bonds. The van der Waals surface area contributed by atoms with E-state index in [2.05, 4.69) is 11.1 Å². The number of carbonyl (C=O) groups is 2. The average molecular weight is 456 g/mol. The largest absolute Gasteiger partial charge is 0.466 e. The third kappa shape index (κ3) is 3.71. The molecule has 1 fully saturated rings. The third-order valence-corrected chi connectivity index (χ3v) is 7.12. The van der Waals surface area contributed by atoms with Crippen molar-refractivity contribution in [1.82, 2.24) is 9.88 Å². The summed E-state index contributed by atoms with van der Waals surface area (Å²) in [5, 5.41) is 14.0. The van der Waals surface area contributed by atoms with Crippen LogP contribution in [0.2, 0.25) is 0 Å². The number of nitrogens with zero attached hydrogens (tertiary/aromatic N) is 3. The summed E-state index contributed by atoms with van der Waals surface area (Å²) in [5.74, 6) is -0.759. The van der Waals surface area contributed by atoms with E-state index in [1.807, 2.05) is 16.8 Å². The Morgan fingerprint density at radius 2 is 2.23 bits per heavy atom. The molecule has 0 saturated carbocycles. The van der Waals surface area contributed by atoms with Crippen LogP contribution in [0.4, 0.5) is 11.5 Å². The maximum Gasteiger partial charge on any atom is 0.310 e. The lowest BCUT2D eigenvalue weighted by Crippen LogP contribution is -2.42. The number of pyridine rings is 1. The molecule has 0 spiro atoms. The number of nitriles is 1. The van der Waals surface area contributed by atoms with Gasteiger partial charge < -0.3 is 21.1 Å². The number of esters is 1. The van der Waals surface area contributed by atoms with Crippen LogP contribution in [0.3, 0.4) is 0 Å². The Morgan fingerprint density at radius 3 is 2.90 bits per heavy atom. The van der Waals surface area contributed by atoms with E-state index in [0.717, 1.165) is 16.9 Å². The second kappa shape index (κ2) is 8.53. The molecule has 0 aliphatic carbocycles. The van der Waals surface area contributed by atoms with Crippen LogP contribution in [0.1, 0.15) is 35.0 Å². The Morgan fingerprint density at radius 1 is 1.42 bits per heavy atom. The molecule has 3 aromatic heterocycles. The maximum atomic E-state index is 13.3. The zero-order valence-corrected chi connectivity index (χ0v) is 18.5. The lowest BCUT2D eigenvalue weighted by molar-refractivity contribution is -0.149. The summed E-state index contributed by atoms with van der Waals surface area (Å²) < 4.78 is 5.13. The standard InChI is InChI=1S/C21H21N5O3S2/c1-2-29-21(28)11-4-3-6-26(9-11)20(27)17-16(23)15-14(12-5-7-30-10-12)13(8-22)18(24)25-19(15)31-17/h5,7,10-11H,2-4,6,9,23H2,1H3,(H2,24,25). The van der Waals surface area contributed by atoms with Gasteiger partial charge in [-0.3, -0.25) is 9.59 Å². The summed E-state index contributed by atoms with van der Waals surface area (Å²) in [6, 6.07) is 4.00. The first-order valence-corrected chi connectivity index (χ1v) is 11.6. The Bertz CT molecular complexity index is 1200. The second-order valence-electron chi connectivity index (χ2n) is 7.24. The van der Waals surface area contributed by atoms with Gasteiger partial charge in [0.1, 0.15) is 27.2 Å². The number of hydrogen-bond acceptors (Lipinski definition) is 9. The van der Waals surface area contributed by atoms with Crippen LogP contribution in [-0.4, -0.2) is 41.5 Å². The molecule has 1 aliphatic rings. The normalized spacial score (nSPS) is 16.3. The fourth-order valence-electron chi connectivity index (χ4n) is 3.90. The number of aromatic nitrogens is 1. The number of anilines is 2. The van der Waals surface area contributed by atoms with E-state index in [0.29, 0.717) is 53.2 Å². The molecule has 1 saturated heterocycles. The van der Waals surface area contributed by atoms with Gasteiger partial charge in [0, 0.05) is 24.0 Å². The Kier molecular flexibility index (Phi) is 5.80. The number of likely N-dealkylation sites (tertiary alicyclic amines) is 1. The van der Waals surface area contributed by atoms with Crippen LogP contribution in [0.5, 0.6) is 0 Å². The quantitative estimate of drug-likeness (QED) is 0.575. The van der Waals surface area contributed by atoms with E-state index in [1.165, 1.54) is 11.3 Å². The van der Waals surface area contributed by atoms with Gasteiger partial charge in [0.15, 0.2) is 0 Å². The van der Waals surface area contributed by atoms with Gasteiger partial charge in [-0.2, -0.15) is 16.6 Å². The topological polar surface area (TPSA) is 135 Å². The number of nitrogen functional groups attached to an aromatic ring is 2. The van der Waals surface area contributed by atoms with Crippen molar-refractivity contribution in [1.29, 1.82) is 5.26 Å². The Balaban J connectivity index is 1.77. The molecule has 1 aliphatic heterocycles. The molecule has 31 heavy (non-hydrogen) atoms. The first-order valence-electron chi connectivity index (χ1n) is 9.86. The van der Waals surface area contributed by atoms with Crippen LogP contribution >= 0.6 is 22.7 Å². The molecular formula is C21H21N5O3S2. The minimum atomic E-state index is -0.339. The van der Waals surface area contributed by atoms with E-state index in [9.17, 15) is 14.9 Å². The zero-order valence-electron chi connectivity index (χ0n) is 16.9. The van der Waals surface area contributed by atoms with Gasteiger partial charge in [0.05, 0.1) is 18.2 Å². The highest BCUT2D eigenvalue weighted by Crippen LogP contribution is 2.43. The molecule has 0 aromatic carbocycles. The maximum absolute atomic E-state index is 13.3. The Labute approximate surface area is 187 Å². The molecule has 1 unspecified atom stereocenters. The molecule has 1 atom stereocenters. The van der Waals surface area contributed by atoms with Crippen molar-refractivity contribution in [3.8, 4) is 17.2 Å². The number of hydrogen-bond donors (Lipinski definition) is 2. The van der Waals surface area contributed by atoms with Gasteiger partial charge in [-0.15, -0.1) is 11.3 Å². The van der Waals surface area contributed by atoms with Gasteiger partial charge in [-0.05, 0) is 42.2 Å². The van der Waals surface area contributed by atoms with Crippen molar-refractivity contribution in [2.75, 3.05) is 31.2 Å². The lowest BCUT2D eigenvalue weighted by atomic mass is 9.97. The highest BCUT2D eigenvalue weighted by Gasteiger charge is 2.32. The van der Waals surface area contributed by atoms with E-state index in [1.54, 1.807) is 11.8 Å². The molecule has 3 aromatic rings. The fraction of sp³-hybridized carbons (Fsp3) is 0.333. The molecule has 10 heteroatoms. The van der Waals surface area contributed by atoms with Gasteiger partial charge in [0.2, 0.25) is 0 Å². The van der Waals surface area contributed by atoms with Crippen LogP contribution in [-0.2, 0) is 9.53 Å². The van der Waals surface area contributed by atoms with Crippen LogP contribution in [0.25, 0.3) is 21.3 Å². The highest BCUT2D eigenvalue weighted by atomic mass is 32.1. The SMILES string of the molecule is CCOC(=O)C1CCCN(C(=O)c2sc3nc(N)c(C#N)c(-c4ccsc4)c3c2N)C1. The molecule has 8 nitrogen and oxygen atoms in total. The fourth-order valence-corrected chi connectivity index (χ4v) is 5.62. The Hall–Kier alpha value is -3.16. The third-order valence-electron chi connectivity index (χ3n) is 5.35. The minimum Gasteiger partial charge on any atom is -0.466 e.